The van der Waals surface area contributed by atoms with Gasteiger partial charge in [0, 0.05) is 38.7 Å². The fourth-order valence-electron chi connectivity index (χ4n) is 2.87. The van der Waals surface area contributed by atoms with Gasteiger partial charge in [-0.15, -0.1) is 0 Å². The van der Waals surface area contributed by atoms with Crippen LogP contribution in [0.15, 0.2) is 22.6 Å². The van der Waals surface area contributed by atoms with Crippen molar-refractivity contribution in [1.82, 2.24) is 14.8 Å². The molecule has 0 bridgehead atoms. The second kappa shape index (κ2) is 6.90. The molecule has 128 valence electrons. The van der Waals surface area contributed by atoms with Crippen molar-refractivity contribution in [1.29, 1.82) is 0 Å². The van der Waals surface area contributed by atoms with Gasteiger partial charge in [-0.1, -0.05) is 0 Å². The zero-order valence-electron chi connectivity index (χ0n) is 13.9. The highest BCUT2D eigenvalue weighted by Gasteiger charge is 2.23. The molecule has 24 heavy (non-hydrogen) atoms. The number of carbonyl (C=O) groups excluding carboxylic acids is 2. The third kappa shape index (κ3) is 3.34. The monoisotopic (exact) mass is 331 g/mol. The largest absolute Gasteiger partial charge is 0.450 e. The summed E-state index contributed by atoms with van der Waals surface area (Å²) in [4.78, 5) is 32.2. The van der Waals surface area contributed by atoms with Crippen molar-refractivity contribution < 1.29 is 18.7 Å². The van der Waals surface area contributed by atoms with Crippen molar-refractivity contribution in [3.63, 3.8) is 0 Å². The van der Waals surface area contributed by atoms with Crippen LogP contribution in [0.2, 0.25) is 0 Å². The van der Waals surface area contributed by atoms with Crippen LogP contribution in [0.5, 0.6) is 0 Å². The Morgan fingerprint density at radius 1 is 1.21 bits per heavy atom. The number of rotatable bonds is 2. The summed E-state index contributed by atoms with van der Waals surface area (Å²) in [5, 5.41) is 0. The van der Waals surface area contributed by atoms with E-state index in [4.69, 9.17) is 9.15 Å². The molecule has 0 spiro atoms. The maximum Gasteiger partial charge on any atom is 0.409 e. The summed E-state index contributed by atoms with van der Waals surface area (Å²) in [7, 11) is 0. The zero-order chi connectivity index (χ0) is 17.1. The highest BCUT2D eigenvalue weighted by atomic mass is 16.6. The smallest absolute Gasteiger partial charge is 0.409 e. The number of carbonyl (C=O) groups is 2. The van der Waals surface area contributed by atoms with E-state index in [2.05, 4.69) is 4.98 Å². The van der Waals surface area contributed by atoms with E-state index < -0.39 is 0 Å². The first-order chi connectivity index (χ1) is 11.6. The number of amides is 2. The van der Waals surface area contributed by atoms with Crippen molar-refractivity contribution in [3.05, 3.63) is 29.7 Å². The predicted octanol–water partition coefficient (Wildman–Crippen LogP) is 2.44. The fourth-order valence-corrected chi connectivity index (χ4v) is 2.87. The molecule has 2 heterocycles. The Labute approximate surface area is 140 Å². The standard InChI is InChI=1S/C17H21N3O4/c1-3-23-17(22)20-8-4-7-19(9-10-20)16(21)13-5-6-14-15(11-13)24-12(2)18-14/h5-6,11H,3-4,7-10H2,1-2H3. The minimum absolute atomic E-state index is 0.0586. The Kier molecular flexibility index (Phi) is 4.69. The van der Waals surface area contributed by atoms with E-state index in [1.807, 2.05) is 0 Å². The molecule has 1 aliphatic heterocycles. The molecule has 0 N–H and O–H groups in total. The first kappa shape index (κ1) is 16.3. The number of nitrogens with zero attached hydrogens (tertiary/aromatic N) is 3. The lowest BCUT2D eigenvalue weighted by molar-refractivity contribution is 0.0753. The van der Waals surface area contributed by atoms with E-state index in [9.17, 15) is 9.59 Å². The summed E-state index contributed by atoms with van der Waals surface area (Å²) < 4.78 is 10.5. The fraction of sp³-hybridized carbons (Fsp3) is 0.471. The lowest BCUT2D eigenvalue weighted by Crippen LogP contribution is -2.37. The molecule has 7 nitrogen and oxygen atoms in total. The van der Waals surface area contributed by atoms with Crippen LogP contribution in [-0.4, -0.2) is 59.6 Å². The zero-order valence-corrected chi connectivity index (χ0v) is 13.9. The molecule has 7 heteroatoms. The normalized spacial score (nSPS) is 15.4. The van der Waals surface area contributed by atoms with Crippen molar-refractivity contribution in [2.24, 2.45) is 0 Å². The molecule has 2 amide bonds. The molecule has 0 atom stereocenters. The van der Waals surface area contributed by atoms with Crippen LogP contribution in [0.4, 0.5) is 4.79 Å². The maximum atomic E-state index is 12.7. The molecule has 2 aromatic rings. The Hall–Kier alpha value is -2.57. The van der Waals surface area contributed by atoms with Crippen molar-refractivity contribution in [2.75, 3.05) is 32.8 Å². The number of aryl methyl sites for hydroxylation is 1. The van der Waals surface area contributed by atoms with E-state index >= 15 is 0 Å². The topological polar surface area (TPSA) is 75.9 Å². The molecule has 1 aromatic carbocycles. The SMILES string of the molecule is CCOC(=O)N1CCCN(C(=O)c2ccc3nc(C)oc3c2)CC1. The van der Waals surface area contributed by atoms with Gasteiger partial charge in [0.05, 0.1) is 6.61 Å². The van der Waals surface area contributed by atoms with Crippen molar-refractivity contribution >= 4 is 23.1 Å². The molecule has 0 saturated carbocycles. The van der Waals surface area contributed by atoms with Crippen LogP contribution in [0.25, 0.3) is 11.1 Å². The van der Waals surface area contributed by atoms with Crippen molar-refractivity contribution in [2.45, 2.75) is 20.3 Å². The molecule has 0 aliphatic carbocycles. The summed E-state index contributed by atoms with van der Waals surface area (Å²) in [5.41, 5.74) is 1.93. The Morgan fingerprint density at radius 3 is 2.75 bits per heavy atom. The van der Waals surface area contributed by atoms with Crippen LogP contribution in [0, 0.1) is 6.92 Å². The van der Waals surface area contributed by atoms with E-state index in [-0.39, 0.29) is 12.0 Å². The molecule has 1 fully saturated rings. The number of hydrogen-bond donors (Lipinski definition) is 0. The van der Waals surface area contributed by atoms with Crippen LogP contribution in [0.3, 0.4) is 0 Å². The van der Waals surface area contributed by atoms with E-state index in [0.29, 0.717) is 49.8 Å². The second-order valence-electron chi connectivity index (χ2n) is 5.75. The van der Waals surface area contributed by atoms with Gasteiger partial charge in [-0.05, 0) is 31.5 Å². The molecule has 1 aromatic heterocycles. The van der Waals surface area contributed by atoms with Gasteiger partial charge < -0.3 is 19.0 Å². The van der Waals surface area contributed by atoms with Crippen LogP contribution < -0.4 is 0 Å². The molecule has 3 rings (SSSR count). The maximum absolute atomic E-state index is 12.7. The third-order valence-corrected chi connectivity index (χ3v) is 4.05. The molecular formula is C17H21N3O4. The van der Waals surface area contributed by atoms with E-state index in [1.165, 1.54) is 0 Å². The first-order valence-electron chi connectivity index (χ1n) is 8.16. The van der Waals surface area contributed by atoms with Gasteiger partial charge in [-0.25, -0.2) is 9.78 Å². The number of fused-ring (bicyclic) bond motifs is 1. The van der Waals surface area contributed by atoms with Gasteiger partial charge in [-0.3, -0.25) is 4.79 Å². The Morgan fingerprint density at radius 2 is 1.96 bits per heavy atom. The summed E-state index contributed by atoms with van der Waals surface area (Å²) in [6, 6.07) is 5.29. The summed E-state index contributed by atoms with van der Waals surface area (Å²) in [5.74, 6) is 0.520. The average Bonchev–Trinajstić information content (AvgIpc) is 2.78. The lowest BCUT2D eigenvalue weighted by Gasteiger charge is -2.21. The van der Waals surface area contributed by atoms with Crippen molar-refractivity contribution in [3.8, 4) is 0 Å². The van der Waals surface area contributed by atoms with Crippen LogP contribution in [-0.2, 0) is 4.74 Å². The van der Waals surface area contributed by atoms with Crippen LogP contribution in [0.1, 0.15) is 29.6 Å². The molecule has 1 aliphatic rings. The molecule has 1 saturated heterocycles. The molecule has 0 unspecified atom stereocenters. The number of benzene rings is 1. The average molecular weight is 331 g/mol. The van der Waals surface area contributed by atoms with Gasteiger partial charge in [0.2, 0.25) is 0 Å². The Balaban J connectivity index is 1.70. The lowest BCUT2D eigenvalue weighted by atomic mass is 10.1. The quantitative estimate of drug-likeness (QED) is 0.845. The van der Waals surface area contributed by atoms with E-state index in [0.717, 1.165) is 11.9 Å². The van der Waals surface area contributed by atoms with Crippen LogP contribution >= 0.6 is 0 Å². The van der Waals surface area contributed by atoms with Gasteiger partial charge in [-0.2, -0.15) is 0 Å². The number of aromatic nitrogens is 1. The second-order valence-corrected chi connectivity index (χ2v) is 5.75. The van der Waals surface area contributed by atoms with E-state index in [1.54, 1.807) is 41.8 Å². The summed E-state index contributed by atoms with van der Waals surface area (Å²) >= 11 is 0. The van der Waals surface area contributed by atoms with Gasteiger partial charge in [0.15, 0.2) is 11.5 Å². The highest BCUT2D eigenvalue weighted by Crippen LogP contribution is 2.18. The molecular weight excluding hydrogens is 310 g/mol. The number of hydrogen-bond acceptors (Lipinski definition) is 5. The van der Waals surface area contributed by atoms with Gasteiger partial charge in [0.25, 0.3) is 5.91 Å². The van der Waals surface area contributed by atoms with Gasteiger partial charge >= 0.3 is 6.09 Å². The third-order valence-electron chi connectivity index (χ3n) is 4.05. The summed E-state index contributed by atoms with van der Waals surface area (Å²) in [6.07, 6.45) is 0.416. The predicted molar refractivity (Wildman–Crippen MR) is 87.9 cm³/mol. The minimum Gasteiger partial charge on any atom is -0.450 e. The summed E-state index contributed by atoms with van der Waals surface area (Å²) in [6.45, 7) is 6.10. The van der Waals surface area contributed by atoms with Gasteiger partial charge in [0.1, 0.15) is 5.52 Å². The first-order valence-corrected chi connectivity index (χ1v) is 8.16. The number of oxazole rings is 1. The Bertz CT molecular complexity index is 755. The molecule has 0 radical (unpaired) electrons. The minimum atomic E-state index is -0.314. The highest BCUT2D eigenvalue weighted by molar-refractivity contribution is 5.97. The number of ether oxygens (including phenoxy) is 1.